The van der Waals surface area contributed by atoms with Crippen LogP contribution in [0, 0.1) is 5.82 Å². The maximum absolute atomic E-state index is 13.6. The zero-order valence-corrected chi connectivity index (χ0v) is 17.7. The van der Waals surface area contributed by atoms with Crippen molar-refractivity contribution in [2.45, 2.75) is 26.3 Å². The van der Waals surface area contributed by atoms with Crippen LogP contribution in [-0.4, -0.2) is 54.2 Å². The zero-order chi connectivity index (χ0) is 20.5. The van der Waals surface area contributed by atoms with Crippen LogP contribution in [-0.2, 0) is 0 Å². The SMILES string of the molecule is C.COc1ccc(F)cc1Nc1nc(-c2ccc(N3CCN(C4CC4)CC3)nc2)cs1. The molecule has 2 fully saturated rings. The molecule has 3 aromatic rings. The molecule has 2 aliphatic rings. The summed E-state index contributed by atoms with van der Waals surface area (Å²) in [4.78, 5) is 14.3. The summed E-state index contributed by atoms with van der Waals surface area (Å²) in [6, 6.07) is 9.35. The Morgan fingerprint density at radius 3 is 2.61 bits per heavy atom. The quantitative estimate of drug-likeness (QED) is 0.580. The molecule has 8 heteroatoms. The number of aromatic nitrogens is 2. The highest BCUT2D eigenvalue weighted by atomic mass is 32.1. The second-order valence-corrected chi connectivity index (χ2v) is 8.52. The summed E-state index contributed by atoms with van der Waals surface area (Å²) in [7, 11) is 1.56. The average Bonchev–Trinajstić information content (AvgIpc) is 3.53. The fourth-order valence-electron chi connectivity index (χ4n) is 3.84. The molecule has 0 atom stereocenters. The number of thiazole rings is 1. The van der Waals surface area contributed by atoms with Gasteiger partial charge in [0.25, 0.3) is 0 Å². The minimum atomic E-state index is -0.326. The Labute approximate surface area is 186 Å². The Hall–Kier alpha value is -2.71. The van der Waals surface area contributed by atoms with E-state index in [1.54, 1.807) is 13.2 Å². The van der Waals surface area contributed by atoms with Gasteiger partial charge in [-0.05, 0) is 37.1 Å². The van der Waals surface area contributed by atoms with Gasteiger partial charge in [-0.3, -0.25) is 4.90 Å². The van der Waals surface area contributed by atoms with Gasteiger partial charge in [0.15, 0.2) is 5.13 Å². The molecule has 1 aliphatic heterocycles. The van der Waals surface area contributed by atoms with E-state index in [0.717, 1.165) is 49.3 Å². The molecule has 0 spiro atoms. The fraction of sp³-hybridized carbons (Fsp3) is 0.391. The molecule has 1 N–H and O–H groups in total. The van der Waals surface area contributed by atoms with Gasteiger partial charge in [-0.2, -0.15) is 0 Å². The van der Waals surface area contributed by atoms with Gasteiger partial charge in [0.1, 0.15) is 17.4 Å². The van der Waals surface area contributed by atoms with Crippen molar-refractivity contribution in [1.82, 2.24) is 14.9 Å². The number of halogens is 1. The molecule has 31 heavy (non-hydrogen) atoms. The molecule has 5 rings (SSSR count). The lowest BCUT2D eigenvalue weighted by atomic mass is 10.2. The van der Waals surface area contributed by atoms with Gasteiger partial charge < -0.3 is 15.0 Å². The summed E-state index contributed by atoms with van der Waals surface area (Å²) in [5.41, 5.74) is 2.36. The van der Waals surface area contributed by atoms with E-state index in [-0.39, 0.29) is 13.2 Å². The van der Waals surface area contributed by atoms with Crippen molar-refractivity contribution in [2.24, 2.45) is 0 Å². The predicted molar refractivity (Wildman–Crippen MR) is 125 cm³/mol. The number of methoxy groups -OCH3 is 1. The van der Waals surface area contributed by atoms with E-state index in [4.69, 9.17) is 4.74 Å². The summed E-state index contributed by atoms with van der Waals surface area (Å²) in [5, 5.41) is 5.79. The van der Waals surface area contributed by atoms with Crippen LogP contribution in [0.2, 0.25) is 0 Å². The molecule has 0 amide bonds. The smallest absolute Gasteiger partial charge is 0.187 e. The second kappa shape index (κ2) is 9.20. The first-order chi connectivity index (χ1) is 14.7. The van der Waals surface area contributed by atoms with Gasteiger partial charge in [0, 0.05) is 55.4 Å². The summed E-state index contributed by atoms with van der Waals surface area (Å²) in [6.07, 6.45) is 4.61. The van der Waals surface area contributed by atoms with Gasteiger partial charge in [-0.1, -0.05) is 7.43 Å². The predicted octanol–water partition coefficient (Wildman–Crippen LogP) is 5.02. The van der Waals surface area contributed by atoms with Crippen LogP contribution in [0.25, 0.3) is 11.3 Å². The number of piperazine rings is 1. The Balaban J connectivity index is 0.00000231. The number of nitrogens with zero attached hydrogens (tertiary/aromatic N) is 4. The summed E-state index contributed by atoms with van der Waals surface area (Å²) < 4.78 is 18.9. The van der Waals surface area contributed by atoms with Gasteiger partial charge in [0.2, 0.25) is 0 Å². The summed E-state index contributed by atoms with van der Waals surface area (Å²) in [6.45, 7) is 4.31. The van der Waals surface area contributed by atoms with E-state index < -0.39 is 0 Å². The molecular weight excluding hydrogens is 413 g/mol. The Morgan fingerprint density at radius 1 is 1.13 bits per heavy atom. The monoisotopic (exact) mass is 441 g/mol. The van der Waals surface area contributed by atoms with Crippen molar-refractivity contribution in [3.8, 4) is 17.0 Å². The van der Waals surface area contributed by atoms with Crippen molar-refractivity contribution < 1.29 is 9.13 Å². The molecule has 1 aliphatic carbocycles. The first kappa shape index (κ1) is 21.5. The second-order valence-electron chi connectivity index (χ2n) is 7.67. The molecule has 3 heterocycles. The highest BCUT2D eigenvalue weighted by Crippen LogP contribution is 2.32. The lowest BCUT2D eigenvalue weighted by Gasteiger charge is -2.35. The van der Waals surface area contributed by atoms with Crippen LogP contribution in [0.4, 0.5) is 21.0 Å². The number of rotatable bonds is 6. The minimum Gasteiger partial charge on any atom is -0.495 e. The molecular formula is C23H28FN5OS. The van der Waals surface area contributed by atoms with Crippen molar-refractivity contribution in [2.75, 3.05) is 43.5 Å². The molecule has 1 saturated heterocycles. The lowest BCUT2D eigenvalue weighted by Crippen LogP contribution is -2.47. The Bertz CT molecular complexity index is 1010. The van der Waals surface area contributed by atoms with E-state index >= 15 is 0 Å². The molecule has 6 nitrogen and oxygen atoms in total. The van der Waals surface area contributed by atoms with Crippen LogP contribution >= 0.6 is 11.3 Å². The van der Waals surface area contributed by atoms with Crippen molar-refractivity contribution >= 4 is 28.0 Å². The molecule has 164 valence electrons. The molecule has 1 aromatic carbocycles. The molecule has 1 saturated carbocycles. The van der Waals surface area contributed by atoms with Gasteiger partial charge in [0.05, 0.1) is 18.5 Å². The van der Waals surface area contributed by atoms with E-state index in [9.17, 15) is 4.39 Å². The lowest BCUT2D eigenvalue weighted by molar-refractivity contribution is 0.247. The third-order valence-electron chi connectivity index (χ3n) is 5.65. The first-order valence-electron chi connectivity index (χ1n) is 10.2. The highest BCUT2D eigenvalue weighted by molar-refractivity contribution is 7.14. The van der Waals surface area contributed by atoms with Crippen LogP contribution in [0.15, 0.2) is 41.9 Å². The Morgan fingerprint density at radius 2 is 1.94 bits per heavy atom. The Kier molecular flexibility index (Phi) is 6.38. The van der Waals surface area contributed by atoms with Gasteiger partial charge in [-0.25, -0.2) is 14.4 Å². The number of pyridine rings is 1. The number of nitrogens with one attached hydrogen (secondary N) is 1. The summed E-state index contributed by atoms with van der Waals surface area (Å²) >= 11 is 1.46. The molecule has 0 radical (unpaired) electrons. The average molecular weight is 442 g/mol. The largest absolute Gasteiger partial charge is 0.495 e. The van der Waals surface area contributed by atoms with Gasteiger partial charge >= 0.3 is 0 Å². The third kappa shape index (κ3) is 4.80. The molecule has 2 aromatic heterocycles. The normalized spacial score (nSPS) is 16.6. The van der Waals surface area contributed by atoms with Crippen LogP contribution in [0.1, 0.15) is 20.3 Å². The van der Waals surface area contributed by atoms with Crippen LogP contribution in [0.3, 0.4) is 0 Å². The third-order valence-corrected chi connectivity index (χ3v) is 6.41. The molecule has 0 unspecified atom stereocenters. The first-order valence-corrected chi connectivity index (χ1v) is 11.1. The van der Waals surface area contributed by atoms with E-state index in [1.165, 1.54) is 36.3 Å². The van der Waals surface area contributed by atoms with Crippen molar-refractivity contribution in [3.63, 3.8) is 0 Å². The molecule has 0 bridgehead atoms. The maximum atomic E-state index is 13.6. The van der Waals surface area contributed by atoms with Crippen LogP contribution in [0.5, 0.6) is 5.75 Å². The topological polar surface area (TPSA) is 53.5 Å². The van der Waals surface area contributed by atoms with Crippen LogP contribution < -0.4 is 15.0 Å². The number of ether oxygens (including phenoxy) is 1. The number of hydrogen-bond acceptors (Lipinski definition) is 7. The zero-order valence-electron chi connectivity index (χ0n) is 16.8. The minimum absolute atomic E-state index is 0. The van der Waals surface area contributed by atoms with E-state index in [0.29, 0.717) is 16.6 Å². The van der Waals surface area contributed by atoms with E-state index in [1.807, 2.05) is 11.6 Å². The number of benzene rings is 1. The number of anilines is 3. The van der Waals surface area contributed by atoms with Crippen molar-refractivity contribution in [3.05, 3.63) is 47.7 Å². The van der Waals surface area contributed by atoms with Gasteiger partial charge in [-0.15, -0.1) is 11.3 Å². The standard InChI is InChI=1S/C22H24FN5OS.CH4/c1-29-20-6-3-16(23)12-18(20)25-22-26-19(14-30-22)15-2-7-21(24-13-15)28-10-8-27(9-11-28)17-4-5-17;/h2-3,6-7,12-14,17H,4-5,8-11H2,1H3,(H,25,26);1H4. The highest BCUT2D eigenvalue weighted by Gasteiger charge is 2.31. The maximum Gasteiger partial charge on any atom is 0.187 e. The summed E-state index contributed by atoms with van der Waals surface area (Å²) in [5.74, 6) is 1.26. The van der Waals surface area contributed by atoms with Crippen molar-refractivity contribution in [1.29, 1.82) is 0 Å². The van der Waals surface area contributed by atoms with E-state index in [2.05, 4.69) is 37.2 Å². The number of hydrogen-bond donors (Lipinski definition) is 1. The fourth-order valence-corrected chi connectivity index (χ4v) is 4.57.